The summed E-state index contributed by atoms with van der Waals surface area (Å²) in [5, 5.41) is 6.08. The van der Waals surface area contributed by atoms with E-state index in [0.29, 0.717) is 13.2 Å². The number of amides is 2. The van der Waals surface area contributed by atoms with Crippen LogP contribution in [-0.2, 0) is 19.1 Å². The first-order chi connectivity index (χ1) is 15.5. The fourth-order valence-electron chi connectivity index (χ4n) is 4.12. The second kappa shape index (κ2) is 13.0. The zero-order valence-electron chi connectivity index (χ0n) is 21.9. The molecule has 0 spiro atoms. The number of rotatable bonds is 10. The molecule has 2 heterocycles. The van der Waals surface area contributed by atoms with Crippen molar-refractivity contribution in [1.29, 1.82) is 0 Å². The van der Waals surface area contributed by atoms with Crippen LogP contribution in [0, 0.1) is 10.8 Å². The van der Waals surface area contributed by atoms with Gasteiger partial charge in [0.25, 0.3) is 0 Å². The normalized spacial score (nSPS) is 23.3. The van der Waals surface area contributed by atoms with Gasteiger partial charge in [0.1, 0.15) is 0 Å². The van der Waals surface area contributed by atoms with Crippen LogP contribution in [-0.4, -0.2) is 99.4 Å². The monoisotopic (exact) mass is 468 g/mol. The van der Waals surface area contributed by atoms with E-state index in [1.54, 1.807) is 0 Å². The van der Waals surface area contributed by atoms with Gasteiger partial charge >= 0.3 is 0 Å². The number of nitrogens with one attached hydrogen (secondary N) is 2. The molecule has 2 N–H and O–H groups in total. The zero-order chi connectivity index (χ0) is 24.5. The third-order valence-corrected chi connectivity index (χ3v) is 6.34. The summed E-state index contributed by atoms with van der Waals surface area (Å²) in [5.74, 6) is 0.218. The number of carbonyl (C=O) groups is 2. The van der Waals surface area contributed by atoms with E-state index >= 15 is 0 Å². The van der Waals surface area contributed by atoms with E-state index in [0.717, 1.165) is 71.7 Å². The van der Waals surface area contributed by atoms with Gasteiger partial charge < -0.3 is 20.1 Å². The van der Waals surface area contributed by atoms with E-state index < -0.39 is 0 Å². The molecule has 2 saturated heterocycles. The highest BCUT2D eigenvalue weighted by Crippen LogP contribution is 2.19. The van der Waals surface area contributed by atoms with Crippen molar-refractivity contribution in [2.24, 2.45) is 10.8 Å². The summed E-state index contributed by atoms with van der Waals surface area (Å²) >= 11 is 0. The summed E-state index contributed by atoms with van der Waals surface area (Å²) in [6.45, 7) is 20.0. The molecule has 0 aromatic carbocycles. The van der Waals surface area contributed by atoms with E-state index in [1.807, 2.05) is 41.5 Å². The van der Waals surface area contributed by atoms with Gasteiger partial charge in [-0.3, -0.25) is 19.4 Å². The first kappa shape index (κ1) is 28.0. The lowest BCUT2D eigenvalue weighted by atomic mass is 9.96. The van der Waals surface area contributed by atoms with Gasteiger partial charge in [-0.25, -0.2) is 0 Å². The van der Waals surface area contributed by atoms with E-state index in [-0.39, 0.29) is 34.8 Å². The highest BCUT2D eigenvalue weighted by atomic mass is 16.5. The van der Waals surface area contributed by atoms with Crippen LogP contribution in [0.5, 0.6) is 0 Å². The summed E-state index contributed by atoms with van der Waals surface area (Å²) in [6, 6.07) is 0.270. The SMILES string of the molecule is CC(C)(C)C(=O)NCCCCN1CCOCC1C1CN(CCCNC(=O)C(C)(C)C)CCO1. The molecule has 192 valence electrons. The molecule has 2 rings (SSSR count). The van der Waals surface area contributed by atoms with Crippen LogP contribution in [0.4, 0.5) is 0 Å². The molecule has 8 nitrogen and oxygen atoms in total. The van der Waals surface area contributed by atoms with Crippen molar-refractivity contribution in [3.63, 3.8) is 0 Å². The molecule has 0 aromatic rings. The molecule has 2 fully saturated rings. The second-order valence-corrected chi connectivity index (χ2v) is 11.5. The molecule has 0 radical (unpaired) electrons. The number of hydrogen-bond acceptors (Lipinski definition) is 6. The van der Waals surface area contributed by atoms with Gasteiger partial charge in [-0.15, -0.1) is 0 Å². The Bertz CT molecular complexity index is 615. The van der Waals surface area contributed by atoms with Gasteiger partial charge in [0.05, 0.1) is 32.0 Å². The lowest BCUT2D eigenvalue weighted by Crippen LogP contribution is -2.58. The Balaban J connectivity index is 1.72. The standard InChI is InChI=1S/C25H48N4O4/c1-24(2,3)22(30)26-10-7-8-13-29-15-16-32-19-20(29)21-18-28(14-17-33-21)12-9-11-27-23(31)25(4,5)6/h20-21H,7-19H2,1-6H3,(H,26,30)(H,27,31). The van der Waals surface area contributed by atoms with Crippen molar-refractivity contribution in [3.05, 3.63) is 0 Å². The number of morpholine rings is 2. The fraction of sp³-hybridized carbons (Fsp3) is 0.920. The Morgan fingerprint density at radius 3 is 2.12 bits per heavy atom. The summed E-state index contributed by atoms with van der Waals surface area (Å²) in [4.78, 5) is 29.0. The van der Waals surface area contributed by atoms with Crippen molar-refractivity contribution in [3.8, 4) is 0 Å². The third-order valence-electron chi connectivity index (χ3n) is 6.34. The Hall–Kier alpha value is -1.22. The number of unbranched alkanes of at least 4 members (excludes halogenated alkanes) is 1. The van der Waals surface area contributed by atoms with Crippen molar-refractivity contribution < 1.29 is 19.1 Å². The fourth-order valence-corrected chi connectivity index (χ4v) is 4.12. The van der Waals surface area contributed by atoms with Gasteiger partial charge in [0, 0.05) is 50.1 Å². The van der Waals surface area contributed by atoms with Gasteiger partial charge in [0.2, 0.25) is 11.8 Å². The van der Waals surface area contributed by atoms with E-state index in [1.165, 1.54) is 0 Å². The minimum atomic E-state index is -0.341. The molecule has 2 amide bonds. The molecule has 33 heavy (non-hydrogen) atoms. The molecule has 8 heteroatoms. The van der Waals surface area contributed by atoms with Crippen LogP contribution in [0.3, 0.4) is 0 Å². The topological polar surface area (TPSA) is 83.1 Å². The van der Waals surface area contributed by atoms with Crippen molar-refractivity contribution >= 4 is 11.8 Å². The number of carbonyl (C=O) groups excluding carboxylic acids is 2. The largest absolute Gasteiger partial charge is 0.378 e. The Labute approximate surface area is 201 Å². The third kappa shape index (κ3) is 9.89. The van der Waals surface area contributed by atoms with Crippen LogP contribution >= 0.6 is 0 Å². The van der Waals surface area contributed by atoms with Gasteiger partial charge in [-0.2, -0.15) is 0 Å². The number of nitrogens with zero attached hydrogens (tertiary/aromatic N) is 2. The lowest BCUT2D eigenvalue weighted by molar-refractivity contribution is -0.129. The van der Waals surface area contributed by atoms with Crippen LogP contribution < -0.4 is 10.6 Å². The average Bonchev–Trinajstić information content (AvgIpc) is 2.75. The van der Waals surface area contributed by atoms with Crippen molar-refractivity contribution in [2.45, 2.75) is 73.0 Å². The summed E-state index contributed by atoms with van der Waals surface area (Å²) in [6.07, 6.45) is 3.11. The summed E-state index contributed by atoms with van der Waals surface area (Å²) in [7, 11) is 0. The Morgan fingerprint density at radius 1 is 0.848 bits per heavy atom. The number of hydrogen-bond donors (Lipinski definition) is 2. The van der Waals surface area contributed by atoms with E-state index in [9.17, 15) is 9.59 Å². The van der Waals surface area contributed by atoms with Gasteiger partial charge in [-0.05, 0) is 25.8 Å². The number of ether oxygens (including phenoxy) is 2. The summed E-state index contributed by atoms with van der Waals surface area (Å²) < 4.78 is 12.0. The molecule has 0 aromatic heterocycles. The highest BCUT2D eigenvalue weighted by molar-refractivity contribution is 5.81. The molecule has 2 unspecified atom stereocenters. The molecule has 2 atom stereocenters. The minimum Gasteiger partial charge on any atom is -0.378 e. The first-order valence-corrected chi connectivity index (χ1v) is 12.7. The smallest absolute Gasteiger partial charge is 0.225 e. The summed E-state index contributed by atoms with van der Waals surface area (Å²) in [5.41, 5.74) is -0.676. The Morgan fingerprint density at radius 2 is 1.48 bits per heavy atom. The minimum absolute atomic E-state index is 0.107. The molecular formula is C25H48N4O4. The van der Waals surface area contributed by atoms with E-state index in [2.05, 4.69) is 20.4 Å². The maximum absolute atomic E-state index is 12.0. The predicted octanol–water partition coefficient (Wildman–Crippen LogP) is 1.88. The molecule has 0 bridgehead atoms. The maximum Gasteiger partial charge on any atom is 0.225 e. The molecule has 2 aliphatic heterocycles. The molecule has 2 aliphatic rings. The van der Waals surface area contributed by atoms with Gasteiger partial charge in [0.15, 0.2) is 0 Å². The molecule has 0 aliphatic carbocycles. The quantitative estimate of drug-likeness (QED) is 0.477. The van der Waals surface area contributed by atoms with Crippen LogP contribution in [0.2, 0.25) is 0 Å². The van der Waals surface area contributed by atoms with Gasteiger partial charge in [-0.1, -0.05) is 41.5 Å². The van der Waals surface area contributed by atoms with Crippen molar-refractivity contribution in [1.82, 2.24) is 20.4 Å². The highest BCUT2D eigenvalue weighted by Gasteiger charge is 2.34. The van der Waals surface area contributed by atoms with Crippen molar-refractivity contribution in [2.75, 3.05) is 65.6 Å². The molecule has 0 saturated carbocycles. The first-order valence-electron chi connectivity index (χ1n) is 12.7. The van der Waals surface area contributed by atoms with Crippen LogP contribution in [0.25, 0.3) is 0 Å². The van der Waals surface area contributed by atoms with E-state index in [4.69, 9.17) is 9.47 Å². The zero-order valence-corrected chi connectivity index (χ0v) is 21.9. The predicted molar refractivity (Wildman–Crippen MR) is 131 cm³/mol. The van der Waals surface area contributed by atoms with Crippen LogP contribution in [0.1, 0.15) is 60.8 Å². The second-order valence-electron chi connectivity index (χ2n) is 11.5. The Kier molecular flexibility index (Phi) is 11.1. The average molecular weight is 469 g/mol. The lowest BCUT2D eigenvalue weighted by Gasteiger charge is -2.43. The van der Waals surface area contributed by atoms with Crippen LogP contribution in [0.15, 0.2) is 0 Å². The maximum atomic E-state index is 12.0. The molecular weight excluding hydrogens is 420 g/mol.